The molecule has 170 valence electrons. The Morgan fingerprint density at radius 3 is 2.48 bits per heavy atom. The minimum absolute atomic E-state index is 0.0239. The second kappa shape index (κ2) is 10.6. The van der Waals surface area contributed by atoms with E-state index in [9.17, 15) is 9.18 Å². The lowest BCUT2D eigenvalue weighted by atomic mass is 10.2. The van der Waals surface area contributed by atoms with Crippen LogP contribution in [0.4, 0.5) is 4.39 Å². The smallest absolute Gasteiger partial charge is 0.254 e. The summed E-state index contributed by atoms with van der Waals surface area (Å²) in [6.45, 7) is 1.54. The quantitative estimate of drug-likeness (QED) is 0.349. The molecule has 7 heteroatoms. The number of imidazole rings is 1. The van der Waals surface area contributed by atoms with E-state index >= 15 is 0 Å². The van der Waals surface area contributed by atoms with Crippen molar-refractivity contribution in [2.75, 3.05) is 13.7 Å². The summed E-state index contributed by atoms with van der Waals surface area (Å²) < 4.78 is 27.0. The molecule has 3 aromatic carbocycles. The molecule has 1 N–H and O–H groups in total. The first-order chi connectivity index (χ1) is 16.2. The number of nitrogens with one attached hydrogen (secondary N) is 1. The molecule has 1 aromatic heterocycles. The van der Waals surface area contributed by atoms with Gasteiger partial charge in [0.25, 0.3) is 5.91 Å². The van der Waals surface area contributed by atoms with Gasteiger partial charge >= 0.3 is 0 Å². The maximum absolute atomic E-state index is 13.9. The predicted molar refractivity (Wildman–Crippen MR) is 125 cm³/mol. The highest BCUT2D eigenvalue weighted by atomic mass is 19.1. The van der Waals surface area contributed by atoms with E-state index in [0.29, 0.717) is 6.61 Å². The van der Waals surface area contributed by atoms with Crippen LogP contribution in [0, 0.1) is 5.82 Å². The summed E-state index contributed by atoms with van der Waals surface area (Å²) >= 11 is 0. The molecule has 0 saturated heterocycles. The molecule has 4 aromatic rings. The van der Waals surface area contributed by atoms with E-state index in [-0.39, 0.29) is 12.1 Å². The van der Waals surface area contributed by atoms with E-state index in [1.165, 1.54) is 12.1 Å². The SMILES string of the molecule is COc1ccc(OCCCCn2c(CNC(=O)c3ccccc3F)nc3ccccc32)cc1. The van der Waals surface area contributed by atoms with E-state index in [1.807, 2.05) is 48.5 Å². The number of fused-ring (bicyclic) bond motifs is 1. The van der Waals surface area contributed by atoms with Gasteiger partial charge in [0.2, 0.25) is 0 Å². The average molecular weight is 448 g/mol. The summed E-state index contributed by atoms with van der Waals surface area (Å²) in [5.74, 6) is 1.33. The van der Waals surface area contributed by atoms with Gasteiger partial charge in [-0.2, -0.15) is 0 Å². The summed E-state index contributed by atoms with van der Waals surface area (Å²) in [5.41, 5.74) is 1.89. The summed E-state index contributed by atoms with van der Waals surface area (Å²) in [5, 5.41) is 2.79. The van der Waals surface area contributed by atoms with Gasteiger partial charge in [-0.3, -0.25) is 4.79 Å². The number of aromatic nitrogens is 2. The minimum atomic E-state index is -0.541. The fourth-order valence-electron chi connectivity index (χ4n) is 3.64. The van der Waals surface area contributed by atoms with Crippen molar-refractivity contribution in [1.29, 1.82) is 0 Å². The fourth-order valence-corrected chi connectivity index (χ4v) is 3.64. The van der Waals surface area contributed by atoms with Crippen molar-refractivity contribution in [3.63, 3.8) is 0 Å². The molecular weight excluding hydrogens is 421 g/mol. The van der Waals surface area contributed by atoms with Gasteiger partial charge in [-0.05, 0) is 61.4 Å². The van der Waals surface area contributed by atoms with Gasteiger partial charge in [-0.15, -0.1) is 0 Å². The number of carbonyl (C=O) groups excluding carboxylic acids is 1. The molecule has 6 nitrogen and oxygen atoms in total. The van der Waals surface area contributed by atoms with Crippen LogP contribution in [-0.4, -0.2) is 29.2 Å². The molecule has 33 heavy (non-hydrogen) atoms. The number of hydrogen-bond donors (Lipinski definition) is 1. The molecule has 0 aliphatic carbocycles. The Morgan fingerprint density at radius 1 is 0.970 bits per heavy atom. The molecule has 0 aliphatic heterocycles. The number of nitrogens with zero attached hydrogens (tertiary/aromatic N) is 2. The third-order valence-electron chi connectivity index (χ3n) is 5.36. The number of ether oxygens (including phenoxy) is 2. The van der Waals surface area contributed by atoms with Crippen LogP contribution in [-0.2, 0) is 13.1 Å². The largest absolute Gasteiger partial charge is 0.497 e. The number of methoxy groups -OCH3 is 1. The Morgan fingerprint density at radius 2 is 1.70 bits per heavy atom. The summed E-state index contributed by atoms with van der Waals surface area (Å²) in [4.78, 5) is 17.1. The topological polar surface area (TPSA) is 65.4 Å². The highest BCUT2D eigenvalue weighted by molar-refractivity contribution is 5.94. The molecule has 1 amide bonds. The number of rotatable bonds is 10. The van der Waals surface area contributed by atoms with Crippen molar-refractivity contribution in [3.05, 3.63) is 90.0 Å². The van der Waals surface area contributed by atoms with E-state index in [2.05, 4.69) is 14.9 Å². The maximum Gasteiger partial charge on any atom is 0.254 e. The first-order valence-electron chi connectivity index (χ1n) is 10.9. The van der Waals surface area contributed by atoms with Crippen LogP contribution in [0.2, 0.25) is 0 Å². The van der Waals surface area contributed by atoms with Gasteiger partial charge in [0.15, 0.2) is 0 Å². The van der Waals surface area contributed by atoms with Crippen molar-refractivity contribution >= 4 is 16.9 Å². The van der Waals surface area contributed by atoms with Gasteiger partial charge in [0, 0.05) is 6.54 Å². The number of carbonyl (C=O) groups is 1. The molecule has 0 aliphatic rings. The Bertz CT molecular complexity index is 1220. The van der Waals surface area contributed by atoms with Crippen LogP contribution >= 0.6 is 0 Å². The standard InChI is InChI=1S/C26H26FN3O3/c1-32-19-12-14-20(15-13-19)33-17-7-6-16-30-24-11-5-4-10-23(24)29-25(30)18-28-26(31)21-8-2-3-9-22(21)27/h2-5,8-15H,6-7,16-18H2,1H3,(H,28,31). The summed E-state index contributed by atoms with van der Waals surface area (Å²) in [6, 6.07) is 21.3. The Balaban J connectivity index is 1.36. The number of hydrogen-bond acceptors (Lipinski definition) is 4. The van der Waals surface area contributed by atoms with Crippen LogP contribution in [0.5, 0.6) is 11.5 Å². The highest BCUT2D eigenvalue weighted by Crippen LogP contribution is 2.19. The summed E-state index contributed by atoms with van der Waals surface area (Å²) in [6.07, 6.45) is 1.74. The number of amides is 1. The van der Waals surface area contributed by atoms with E-state index in [4.69, 9.17) is 9.47 Å². The number of benzene rings is 3. The Kier molecular flexibility index (Phi) is 7.19. The van der Waals surface area contributed by atoms with Crippen molar-refractivity contribution < 1.29 is 18.7 Å². The Labute approximate surface area is 192 Å². The zero-order chi connectivity index (χ0) is 23.0. The summed E-state index contributed by atoms with van der Waals surface area (Å²) in [7, 11) is 1.63. The number of para-hydroxylation sites is 2. The zero-order valence-corrected chi connectivity index (χ0v) is 18.5. The molecule has 0 bridgehead atoms. The third kappa shape index (κ3) is 5.49. The molecule has 0 saturated carbocycles. The van der Waals surface area contributed by atoms with Gasteiger partial charge in [-0.25, -0.2) is 9.37 Å². The number of aryl methyl sites for hydroxylation is 1. The first kappa shape index (κ1) is 22.3. The molecule has 1 heterocycles. The van der Waals surface area contributed by atoms with E-state index < -0.39 is 11.7 Å². The van der Waals surface area contributed by atoms with Crippen molar-refractivity contribution in [2.24, 2.45) is 0 Å². The van der Waals surface area contributed by atoms with Gasteiger partial charge in [0.05, 0.1) is 36.9 Å². The van der Waals surface area contributed by atoms with Crippen LogP contribution < -0.4 is 14.8 Å². The molecule has 0 spiro atoms. The van der Waals surface area contributed by atoms with Crippen LogP contribution in [0.3, 0.4) is 0 Å². The monoisotopic (exact) mass is 447 g/mol. The van der Waals surface area contributed by atoms with Crippen LogP contribution in [0.25, 0.3) is 11.0 Å². The fraction of sp³-hybridized carbons (Fsp3) is 0.231. The molecule has 0 atom stereocenters. The third-order valence-corrected chi connectivity index (χ3v) is 5.36. The average Bonchev–Trinajstić information content (AvgIpc) is 3.20. The molecule has 0 fully saturated rings. The molecule has 0 unspecified atom stereocenters. The predicted octanol–water partition coefficient (Wildman–Crippen LogP) is 4.97. The van der Waals surface area contributed by atoms with Gasteiger partial charge < -0.3 is 19.4 Å². The van der Waals surface area contributed by atoms with E-state index in [1.54, 1.807) is 19.2 Å². The second-order valence-electron chi connectivity index (χ2n) is 7.56. The van der Waals surface area contributed by atoms with Crippen molar-refractivity contribution in [3.8, 4) is 11.5 Å². The number of unbranched alkanes of at least 4 members (excludes halogenated alkanes) is 1. The zero-order valence-electron chi connectivity index (χ0n) is 18.5. The van der Waals surface area contributed by atoms with Crippen LogP contribution in [0.15, 0.2) is 72.8 Å². The second-order valence-corrected chi connectivity index (χ2v) is 7.56. The minimum Gasteiger partial charge on any atom is -0.497 e. The van der Waals surface area contributed by atoms with Crippen molar-refractivity contribution in [1.82, 2.24) is 14.9 Å². The lowest BCUT2D eigenvalue weighted by molar-refractivity contribution is 0.0945. The lowest BCUT2D eigenvalue weighted by Gasteiger charge is -2.11. The molecular formula is C26H26FN3O3. The first-order valence-corrected chi connectivity index (χ1v) is 10.9. The maximum atomic E-state index is 13.9. The lowest BCUT2D eigenvalue weighted by Crippen LogP contribution is -2.25. The normalized spacial score (nSPS) is 10.8. The molecule has 4 rings (SSSR count). The van der Waals surface area contributed by atoms with Crippen LogP contribution in [0.1, 0.15) is 29.0 Å². The highest BCUT2D eigenvalue weighted by Gasteiger charge is 2.14. The van der Waals surface area contributed by atoms with E-state index in [0.717, 1.165) is 47.7 Å². The van der Waals surface area contributed by atoms with Gasteiger partial charge in [0.1, 0.15) is 23.1 Å². The molecule has 0 radical (unpaired) electrons. The Hall–Kier alpha value is -3.87. The van der Waals surface area contributed by atoms with Gasteiger partial charge in [-0.1, -0.05) is 24.3 Å². The number of halogens is 1. The van der Waals surface area contributed by atoms with Crippen molar-refractivity contribution in [2.45, 2.75) is 25.9 Å².